The van der Waals surface area contributed by atoms with Gasteiger partial charge in [-0.1, -0.05) is 67.9 Å². The lowest BCUT2D eigenvalue weighted by atomic mass is 9.91. The van der Waals surface area contributed by atoms with Gasteiger partial charge in [0.15, 0.2) is 0 Å². The molecule has 2 aliphatic rings. The van der Waals surface area contributed by atoms with Crippen molar-refractivity contribution >= 4 is 29.4 Å². The second-order valence-electron chi connectivity index (χ2n) is 8.69. The Morgan fingerprint density at radius 2 is 1.84 bits per heavy atom. The van der Waals surface area contributed by atoms with Crippen molar-refractivity contribution in [2.45, 2.75) is 38.8 Å². The van der Waals surface area contributed by atoms with Crippen LogP contribution in [0.4, 0.5) is 0 Å². The number of carbonyl (C=O) groups is 2. The zero-order valence-electron chi connectivity index (χ0n) is 18.6. The Kier molecular flexibility index (Phi) is 6.52. The van der Waals surface area contributed by atoms with E-state index < -0.39 is 6.04 Å². The van der Waals surface area contributed by atoms with Crippen molar-refractivity contribution in [1.29, 1.82) is 0 Å². The summed E-state index contributed by atoms with van der Waals surface area (Å²) < 4.78 is 5.65. The predicted octanol–water partition coefficient (Wildman–Crippen LogP) is 6.08. The summed E-state index contributed by atoms with van der Waals surface area (Å²) in [4.78, 5) is 27.2. The third-order valence-corrected chi connectivity index (χ3v) is 6.97. The Labute approximate surface area is 194 Å². The number of hydrogen-bond acceptors (Lipinski definition) is 3. The third-order valence-electron chi connectivity index (χ3n) is 6.62. The summed E-state index contributed by atoms with van der Waals surface area (Å²) in [5.74, 6) is 1.17. The molecule has 4 nitrogen and oxygen atoms in total. The minimum absolute atomic E-state index is 0.0558. The van der Waals surface area contributed by atoms with E-state index in [0.717, 1.165) is 35.2 Å². The molecule has 0 bridgehead atoms. The number of rotatable bonds is 5. The number of halogens is 1. The Balaban J connectivity index is 1.67. The topological polar surface area (TPSA) is 46.6 Å². The van der Waals surface area contributed by atoms with Crippen molar-refractivity contribution in [1.82, 2.24) is 4.90 Å². The van der Waals surface area contributed by atoms with E-state index in [2.05, 4.69) is 19.1 Å². The minimum Gasteiger partial charge on any atom is -0.500 e. The van der Waals surface area contributed by atoms with E-state index in [1.54, 1.807) is 12.0 Å². The number of hydrogen-bond donors (Lipinski definition) is 0. The molecule has 166 valence electrons. The highest BCUT2D eigenvalue weighted by molar-refractivity contribution is 6.31. The molecule has 2 aromatic rings. The molecule has 1 aliphatic carbocycles. The average molecular weight is 450 g/mol. The van der Waals surface area contributed by atoms with Crippen LogP contribution in [0.2, 0.25) is 5.02 Å². The van der Waals surface area contributed by atoms with Crippen LogP contribution >= 0.6 is 11.6 Å². The van der Waals surface area contributed by atoms with Crippen LogP contribution in [0.15, 0.2) is 66.4 Å². The monoisotopic (exact) mass is 449 g/mol. The van der Waals surface area contributed by atoms with E-state index in [1.807, 2.05) is 55.5 Å². The molecular formula is C27H28ClNO3. The molecule has 0 radical (unpaired) electrons. The van der Waals surface area contributed by atoms with Gasteiger partial charge in [-0.15, -0.1) is 0 Å². The van der Waals surface area contributed by atoms with Gasteiger partial charge in [0.1, 0.15) is 12.0 Å². The van der Waals surface area contributed by atoms with E-state index in [1.165, 1.54) is 0 Å². The van der Waals surface area contributed by atoms with E-state index in [4.69, 9.17) is 16.3 Å². The van der Waals surface area contributed by atoms with Crippen molar-refractivity contribution in [2.24, 2.45) is 11.8 Å². The first kappa shape index (κ1) is 22.3. The fourth-order valence-electron chi connectivity index (χ4n) is 4.92. The average Bonchev–Trinajstić information content (AvgIpc) is 3.14. The fraction of sp³-hybridized carbons (Fsp3) is 0.333. The predicted molar refractivity (Wildman–Crippen MR) is 127 cm³/mol. The Hall–Kier alpha value is -2.85. The number of likely N-dealkylation sites (tertiary alicyclic amines) is 1. The van der Waals surface area contributed by atoms with Gasteiger partial charge in [0, 0.05) is 22.1 Å². The summed E-state index contributed by atoms with van der Waals surface area (Å²) in [6, 6.07) is 14.4. The van der Waals surface area contributed by atoms with Gasteiger partial charge in [0.2, 0.25) is 0 Å². The number of ether oxygens (including phenoxy) is 1. The van der Waals surface area contributed by atoms with Crippen LogP contribution in [0, 0.1) is 11.8 Å². The summed E-state index contributed by atoms with van der Waals surface area (Å²) in [7, 11) is 1.70. The second-order valence-corrected chi connectivity index (χ2v) is 9.10. The van der Waals surface area contributed by atoms with Crippen molar-refractivity contribution in [2.75, 3.05) is 7.11 Å². The summed E-state index contributed by atoms with van der Waals surface area (Å²) in [6.45, 7) is 4.15. The first-order valence-electron chi connectivity index (χ1n) is 11.0. The number of amides is 1. The maximum atomic E-state index is 13.6. The summed E-state index contributed by atoms with van der Waals surface area (Å²) in [5.41, 5.74) is 3.48. The van der Waals surface area contributed by atoms with Crippen molar-refractivity contribution < 1.29 is 14.3 Å². The molecule has 0 aromatic heterocycles. The molecule has 2 aromatic carbocycles. The third kappa shape index (κ3) is 4.00. The lowest BCUT2D eigenvalue weighted by Crippen LogP contribution is -2.40. The maximum absolute atomic E-state index is 13.6. The molecule has 4 atom stereocenters. The fourth-order valence-corrected chi connectivity index (χ4v) is 5.18. The van der Waals surface area contributed by atoms with E-state index >= 15 is 0 Å². The standard InChI is InChI=1S/C27H28ClNO3/c1-17-7-6-9-21(26(17)32-3)19-11-13-20(14-12-19)27(31)29-24(15-18(2)25(29)16-30)22-8-4-5-10-23(22)28/h4-6,8-14,16-18,24-25H,7,15H2,1-3H3. The van der Waals surface area contributed by atoms with Crippen LogP contribution in [0.25, 0.3) is 5.57 Å². The molecule has 1 amide bonds. The maximum Gasteiger partial charge on any atom is 0.254 e. The van der Waals surface area contributed by atoms with Gasteiger partial charge in [0.25, 0.3) is 5.91 Å². The molecule has 1 fully saturated rings. The van der Waals surface area contributed by atoms with Gasteiger partial charge < -0.3 is 14.4 Å². The van der Waals surface area contributed by atoms with Crippen molar-refractivity contribution in [3.8, 4) is 0 Å². The Bertz CT molecular complexity index is 1070. The zero-order chi connectivity index (χ0) is 22.8. The molecule has 32 heavy (non-hydrogen) atoms. The normalized spacial score (nSPS) is 25.2. The second kappa shape index (κ2) is 9.33. The van der Waals surface area contributed by atoms with Gasteiger partial charge >= 0.3 is 0 Å². The number of allylic oxidation sites excluding steroid dienone is 4. The highest BCUT2D eigenvalue weighted by Gasteiger charge is 2.43. The van der Waals surface area contributed by atoms with Crippen LogP contribution in [0.3, 0.4) is 0 Å². The quantitative estimate of drug-likeness (QED) is 0.519. The van der Waals surface area contributed by atoms with Gasteiger partial charge in [-0.2, -0.15) is 0 Å². The van der Waals surface area contributed by atoms with Gasteiger partial charge in [-0.25, -0.2) is 0 Å². The van der Waals surface area contributed by atoms with Crippen LogP contribution in [-0.2, 0) is 9.53 Å². The summed E-state index contributed by atoms with van der Waals surface area (Å²) in [5, 5.41) is 0.613. The molecule has 0 saturated carbocycles. The van der Waals surface area contributed by atoms with Crippen molar-refractivity contribution in [3.63, 3.8) is 0 Å². The Morgan fingerprint density at radius 3 is 2.50 bits per heavy atom. The number of methoxy groups -OCH3 is 1. The Morgan fingerprint density at radius 1 is 1.12 bits per heavy atom. The molecule has 0 N–H and O–H groups in total. The lowest BCUT2D eigenvalue weighted by Gasteiger charge is -2.29. The van der Waals surface area contributed by atoms with Gasteiger partial charge in [-0.3, -0.25) is 4.79 Å². The minimum atomic E-state index is -0.478. The summed E-state index contributed by atoms with van der Waals surface area (Å²) in [6.07, 6.45) is 6.76. The van der Waals surface area contributed by atoms with E-state index in [9.17, 15) is 9.59 Å². The highest BCUT2D eigenvalue weighted by atomic mass is 35.5. The van der Waals surface area contributed by atoms with Crippen LogP contribution in [-0.4, -0.2) is 30.2 Å². The van der Waals surface area contributed by atoms with Crippen LogP contribution in [0.1, 0.15) is 54.2 Å². The zero-order valence-corrected chi connectivity index (χ0v) is 19.4. The molecule has 4 rings (SSSR count). The van der Waals surface area contributed by atoms with Gasteiger partial charge in [0.05, 0.1) is 19.2 Å². The number of benzene rings is 2. The first-order chi connectivity index (χ1) is 15.5. The SMILES string of the molecule is COC1=C(c2ccc(C(=O)N3C(c4ccccc4Cl)CC(C)C3C=O)cc2)C=CCC1C. The highest BCUT2D eigenvalue weighted by Crippen LogP contribution is 2.42. The molecule has 5 heteroatoms. The number of carbonyl (C=O) groups excluding carboxylic acids is 2. The van der Waals surface area contributed by atoms with E-state index in [-0.39, 0.29) is 17.9 Å². The van der Waals surface area contributed by atoms with Crippen LogP contribution < -0.4 is 0 Å². The molecule has 0 spiro atoms. The van der Waals surface area contributed by atoms with Gasteiger partial charge in [-0.05, 0) is 48.1 Å². The molecule has 4 unspecified atom stereocenters. The lowest BCUT2D eigenvalue weighted by molar-refractivity contribution is -0.112. The molecule has 1 aliphatic heterocycles. The molecular weight excluding hydrogens is 422 g/mol. The molecule has 1 heterocycles. The number of nitrogens with zero attached hydrogens (tertiary/aromatic N) is 1. The summed E-state index contributed by atoms with van der Waals surface area (Å²) >= 11 is 6.46. The molecule has 1 saturated heterocycles. The smallest absolute Gasteiger partial charge is 0.254 e. The number of aldehydes is 1. The van der Waals surface area contributed by atoms with Crippen molar-refractivity contribution in [3.05, 3.63) is 88.2 Å². The first-order valence-corrected chi connectivity index (χ1v) is 11.4. The van der Waals surface area contributed by atoms with Crippen LogP contribution in [0.5, 0.6) is 0 Å². The van der Waals surface area contributed by atoms with E-state index in [0.29, 0.717) is 22.9 Å². The largest absolute Gasteiger partial charge is 0.500 e.